The Balaban J connectivity index is 4.37. The second-order valence-corrected chi connectivity index (χ2v) is 1.36. The topological polar surface area (TPSA) is 133 Å². The van der Waals surface area contributed by atoms with Crippen LogP contribution in [0, 0.1) is 15.0 Å². The summed E-state index contributed by atoms with van der Waals surface area (Å²) in [5.74, 6) is 0. The van der Waals surface area contributed by atoms with Crippen LogP contribution in [0.25, 0.3) is 0 Å². The molecule has 0 aromatic carbocycles. The predicted octanol–water partition coefficient (Wildman–Crippen LogP) is -0.318. The van der Waals surface area contributed by atoms with Crippen molar-refractivity contribution >= 4 is 6.09 Å². The van der Waals surface area contributed by atoms with E-state index < -0.39 is 22.4 Å². The number of nitroso groups, excluding NO2 is 1. The Morgan fingerprint density at radius 2 is 2.18 bits per heavy atom. The van der Waals surface area contributed by atoms with Crippen molar-refractivity contribution in [3.8, 4) is 0 Å². The fraction of sp³-hybridized carbons (Fsp3) is 0.500. The van der Waals surface area contributed by atoms with E-state index in [1.807, 2.05) is 0 Å². The zero-order valence-corrected chi connectivity index (χ0v) is 4.95. The van der Waals surface area contributed by atoms with Crippen molar-refractivity contribution in [1.82, 2.24) is 5.06 Å². The lowest BCUT2D eigenvalue weighted by Crippen LogP contribution is -2.40. The average Bonchev–Trinajstić information content (AvgIpc) is 1.88. The first kappa shape index (κ1) is 9.23. The summed E-state index contributed by atoms with van der Waals surface area (Å²) in [7, 11) is 0. The van der Waals surface area contributed by atoms with Gasteiger partial charge in [-0.3, -0.25) is 15.3 Å². The van der Waals surface area contributed by atoms with E-state index in [-0.39, 0.29) is 0 Å². The van der Waals surface area contributed by atoms with E-state index in [1.54, 1.807) is 5.18 Å². The molecule has 0 aliphatic carbocycles. The summed E-state index contributed by atoms with van der Waals surface area (Å²) in [5.41, 5.74) is 0. The van der Waals surface area contributed by atoms with Gasteiger partial charge in [0, 0.05) is 5.18 Å². The van der Waals surface area contributed by atoms with E-state index in [0.29, 0.717) is 0 Å². The monoisotopic (exact) mass is 165 g/mol. The fourth-order valence-electron chi connectivity index (χ4n) is 0.271. The molecule has 11 heavy (non-hydrogen) atoms. The van der Waals surface area contributed by atoms with Crippen LogP contribution in [0.3, 0.4) is 0 Å². The van der Waals surface area contributed by atoms with Crippen LogP contribution in [0.4, 0.5) is 4.79 Å². The van der Waals surface area contributed by atoms with Crippen molar-refractivity contribution in [1.29, 1.82) is 0 Å². The zero-order valence-electron chi connectivity index (χ0n) is 4.95. The molecule has 1 unspecified atom stereocenters. The van der Waals surface area contributed by atoms with Crippen molar-refractivity contribution in [2.24, 2.45) is 5.18 Å². The molecule has 0 aliphatic rings. The molecule has 0 fully saturated rings. The van der Waals surface area contributed by atoms with Gasteiger partial charge in [-0.2, -0.15) is 0 Å². The summed E-state index contributed by atoms with van der Waals surface area (Å²) in [4.78, 5) is 27.7. The van der Waals surface area contributed by atoms with Crippen molar-refractivity contribution in [2.75, 3.05) is 0 Å². The molecule has 0 rings (SSSR count). The lowest BCUT2D eigenvalue weighted by molar-refractivity contribution is -0.563. The second kappa shape index (κ2) is 3.41. The first-order valence-electron chi connectivity index (χ1n) is 2.17. The molecule has 2 N–H and O–H groups in total. The minimum absolute atomic E-state index is 0.799. The number of carbonyl (C=O) groups is 1. The number of nitrogens with zero attached hydrogens (tertiary/aromatic N) is 3. The van der Waals surface area contributed by atoms with Gasteiger partial charge in [0.25, 0.3) is 0 Å². The van der Waals surface area contributed by atoms with E-state index >= 15 is 0 Å². The maximum absolute atomic E-state index is 9.78. The van der Waals surface area contributed by atoms with Gasteiger partial charge in [-0.1, -0.05) is 5.06 Å². The number of carboxylic acid groups (broad SMARTS) is 1. The van der Waals surface area contributed by atoms with Crippen LogP contribution in [0.5, 0.6) is 0 Å². The molecule has 1 atom stereocenters. The van der Waals surface area contributed by atoms with Gasteiger partial charge in [-0.05, 0) is 0 Å². The number of hydroxylamine groups is 2. The van der Waals surface area contributed by atoms with E-state index in [0.717, 1.165) is 0 Å². The van der Waals surface area contributed by atoms with Gasteiger partial charge in [-0.15, -0.1) is 4.91 Å². The van der Waals surface area contributed by atoms with Crippen molar-refractivity contribution in [3.05, 3.63) is 15.0 Å². The van der Waals surface area contributed by atoms with E-state index in [9.17, 15) is 19.8 Å². The SMILES string of the molecule is O=NC(N(O)C(=O)O)[N+](=O)[O-]. The van der Waals surface area contributed by atoms with Crippen LogP contribution in [0.2, 0.25) is 0 Å². The van der Waals surface area contributed by atoms with Crippen LogP contribution in [0.15, 0.2) is 5.18 Å². The molecular weight excluding hydrogens is 162 g/mol. The molecule has 9 nitrogen and oxygen atoms in total. The summed E-state index contributed by atoms with van der Waals surface area (Å²) in [6.07, 6.45) is -4.53. The third kappa shape index (κ3) is 2.14. The van der Waals surface area contributed by atoms with E-state index in [1.165, 1.54) is 0 Å². The molecular formula is C2H3N3O6. The second-order valence-electron chi connectivity index (χ2n) is 1.36. The number of rotatable bonds is 3. The first-order valence-corrected chi connectivity index (χ1v) is 2.17. The van der Waals surface area contributed by atoms with Crippen molar-refractivity contribution < 1.29 is 20.0 Å². The standard InChI is InChI=1S/C2H3N3O6/c6-2(7)4(9)1(3-8)5(10)11/h1,9H,(H,6,7). The molecule has 0 aliphatic heterocycles. The van der Waals surface area contributed by atoms with E-state index in [4.69, 9.17) is 10.3 Å². The summed E-state index contributed by atoms with van der Waals surface area (Å²) in [6.45, 7) is 0. The van der Waals surface area contributed by atoms with Gasteiger partial charge in [-0.25, -0.2) is 4.79 Å². The molecule has 62 valence electrons. The quantitative estimate of drug-likeness (QED) is 0.193. The average molecular weight is 165 g/mol. The maximum Gasteiger partial charge on any atom is 0.446 e. The predicted molar refractivity (Wildman–Crippen MR) is 28.2 cm³/mol. The molecule has 1 amide bonds. The van der Waals surface area contributed by atoms with Crippen molar-refractivity contribution in [2.45, 2.75) is 6.29 Å². The minimum Gasteiger partial charge on any atom is -0.463 e. The summed E-state index contributed by atoms with van der Waals surface area (Å²) >= 11 is 0. The first-order chi connectivity index (χ1) is 5.00. The van der Waals surface area contributed by atoms with Gasteiger partial charge in [0.15, 0.2) is 0 Å². The molecule has 0 spiro atoms. The highest BCUT2D eigenvalue weighted by Crippen LogP contribution is 1.97. The van der Waals surface area contributed by atoms with Gasteiger partial charge in [0.2, 0.25) is 0 Å². The van der Waals surface area contributed by atoms with Crippen LogP contribution >= 0.6 is 0 Å². The highest BCUT2D eigenvalue weighted by atomic mass is 16.7. The lowest BCUT2D eigenvalue weighted by Gasteiger charge is -2.08. The van der Waals surface area contributed by atoms with Gasteiger partial charge < -0.3 is 5.11 Å². The lowest BCUT2D eigenvalue weighted by atomic mass is 10.8. The minimum atomic E-state index is -2.51. The molecule has 0 radical (unpaired) electrons. The highest BCUT2D eigenvalue weighted by molar-refractivity contribution is 5.63. The fourth-order valence-corrected chi connectivity index (χ4v) is 0.271. The molecule has 9 heteroatoms. The Morgan fingerprint density at radius 1 is 1.73 bits per heavy atom. The molecule has 0 saturated heterocycles. The zero-order chi connectivity index (χ0) is 9.02. The Bertz CT molecular complexity index is 190. The molecule has 0 aromatic rings. The van der Waals surface area contributed by atoms with Crippen molar-refractivity contribution in [3.63, 3.8) is 0 Å². The Labute approximate surface area is 58.9 Å². The summed E-state index contributed by atoms with van der Waals surface area (Å²) in [6, 6.07) is 0. The smallest absolute Gasteiger partial charge is 0.446 e. The third-order valence-corrected chi connectivity index (χ3v) is 0.698. The van der Waals surface area contributed by atoms with Crippen LogP contribution in [-0.4, -0.2) is 32.7 Å². The van der Waals surface area contributed by atoms with Crippen LogP contribution in [0.1, 0.15) is 0 Å². The number of nitro groups is 1. The molecule has 0 aromatic heterocycles. The molecule has 0 bridgehead atoms. The van der Waals surface area contributed by atoms with Gasteiger partial charge >= 0.3 is 12.4 Å². The molecule has 0 saturated carbocycles. The van der Waals surface area contributed by atoms with Gasteiger partial charge in [0.1, 0.15) is 0 Å². The number of hydrogen-bond acceptors (Lipinski definition) is 6. The Hall–Kier alpha value is -1.77. The third-order valence-electron chi connectivity index (χ3n) is 0.698. The normalized spacial score (nSPS) is 11.7. The Kier molecular flexibility index (Phi) is 2.86. The number of amides is 1. The number of hydrogen-bond donors (Lipinski definition) is 2. The molecule has 0 heterocycles. The maximum atomic E-state index is 9.78. The highest BCUT2D eigenvalue weighted by Gasteiger charge is 2.32. The van der Waals surface area contributed by atoms with Crippen LogP contribution < -0.4 is 0 Å². The van der Waals surface area contributed by atoms with Crippen LogP contribution in [-0.2, 0) is 0 Å². The summed E-state index contributed by atoms with van der Waals surface area (Å²) < 4.78 is 0. The Morgan fingerprint density at radius 3 is 2.27 bits per heavy atom. The largest absolute Gasteiger partial charge is 0.463 e. The summed E-state index contributed by atoms with van der Waals surface area (Å²) in [5, 5.41) is 26.8. The van der Waals surface area contributed by atoms with E-state index in [2.05, 4.69) is 0 Å². The van der Waals surface area contributed by atoms with Gasteiger partial charge in [0.05, 0.1) is 4.92 Å².